The maximum atomic E-state index is 13.4. The van der Waals surface area contributed by atoms with Crippen LogP contribution in [0.15, 0.2) is 42.5 Å². The first-order valence-electron chi connectivity index (χ1n) is 9.96. The van der Waals surface area contributed by atoms with Crippen LogP contribution in [0.25, 0.3) is 0 Å². The highest BCUT2D eigenvalue weighted by molar-refractivity contribution is 6.34. The number of amides is 2. The van der Waals surface area contributed by atoms with E-state index in [4.69, 9.17) is 16.3 Å². The zero-order valence-electron chi connectivity index (χ0n) is 17.9. The Balaban J connectivity index is 2.01. The molecule has 0 aliphatic carbocycles. The zero-order chi connectivity index (χ0) is 23.6. The number of benzene rings is 2. The molecule has 2 aromatic carbocycles. The SMILES string of the molecule is CC(C)(C)OC(=O)N1Cc2ccccc2N(C(=O)c2ccc([N+](=O)[O-])cc2Cl)C[C@H]1CO. The fourth-order valence-corrected chi connectivity index (χ4v) is 3.70. The van der Waals surface area contributed by atoms with E-state index in [9.17, 15) is 24.8 Å². The van der Waals surface area contributed by atoms with Gasteiger partial charge in [-0.3, -0.25) is 19.8 Å². The summed E-state index contributed by atoms with van der Waals surface area (Å²) in [6.45, 7) is 4.96. The van der Waals surface area contributed by atoms with Crippen LogP contribution in [-0.4, -0.2) is 51.7 Å². The van der Waals surface area contributed by atoms with Gasteiger partial charge in [-0.15, -0.1) is 0 Å². The molecular weight excluding hydrogens is 438 g/mol. The molecule has 1 aliphatic heterocycles. The van der Waals surface area contributed by atoms with Gasteiger partial charge in [0.1, 0.15) is 5.60 Å². The van der Waals surface area contributed by atoms with Crippen LogP contribution in [0.1, 0.15) is 36.7 Å². The Morgan fingerprint density at radius 3 is 2.53 bits per heavy atom. The summed E-state index contributed by atoms with van der Waals surface area (Å²) in [5.74, 6) is -0.498. The molecule has 32 heavy (non-hydrogen) atoms. The molecule has 2 amide bonds. The maximum absolute atomic E-state index is 13.4. The lowest BCUT2D eigenvalue weighted by atomic mass is 10.1. The highest BCUT2D eigenvalue weighted by Crippen LogP contribution is 2.31. The molecule has 0 bridgehead atoms. The molecule has 9 nitrogen and oxygen atoms in total. The molecule has 0 fully saturated rings. The first-order valence-corrected chi connectivity index (χ1v) is 10.3. The largest absolute Gasteiger partial charge is 0.444 e. The molecule has 170 valence electrons. The second-order valence-corrected chi connectivity index (χ2v) is 8.82. The van der Waals surface area contributed by atoms with E-state index in [-0.39, 0.29) is 29.4 Å². The molecule has 1 aliphatic rings. The standard InChI is InChI=1S/C22H24ClN3O6/c1-22(2,3)32-21(29)24-11-14-6-4-5-7-19(14)25(12-16(24)13-27)20(28)17-9-8-15(26(30)31)10-18(17)23/h4-10,16,27H,11-13H2,1-3H3/t16-/m0/s1. The van der Waals surface area contributed by atoms with Crippen molar-refractivity contribution in [2.24, 2.45) is 0 Å². The number of halogens is 1. The minimum atomic E-state index is -0.738. The molecule has 0 aromatic heterocycles. The first-order chi connectivity index (χ1) is 15.0. The van der Waals surface area contributed by atoms with E-state index in [2.05, 4.69) is 0 Å². The number of aliphatic hydroxyl groups excluding tert-OH is 1. The van der Waals surface area contributed by atoms with E-state index in [1.54, 1.807) is 45.0 Å². The van der Waals surface area contributed by atoms with E-state index in [0.29, 0.717) is 11.3 Å². The van der Waals surface area contributed by atoms with Crippen LogP contribution in [0.3, 0.4) is 0 Å². The van der Waals surface area contributed by atoms with Crippen LogP contribution < -0.4 is 4.90 Å². The Hall–Kier alpha value is -3.17. The molecule has 0 saturated carbocycles. The number of nitro groups is 1. The molecule has 1 atom stereocenters. The number of fused-ring (bicyclic) bond motifs is 1. The summed E-state index contributed by atoms with van der Waals surface area (Å²) in [4.78, 5) is 39.5. The van der Waals surface area contributed by atoms with Gasteiger partial charge in [-0.2, -0.15) is 0 Å². The molecule has 3 rings (SSSR count). The summed E-state index contributed by atoms with van der Waals surface area (Å²) in [6.07, 6.45) is -0.603. The summed E-state index contributed by atoms with van der Waals surface area (Å²) in [7, 11) is 0. The average Bonchev–Trinajstić information content (AvgIpc) is 2.89. The second-order valence-electron chi connectivity index (χ2n) is 8.41. The van der Waals surface area contributed by atoms with Crippen molar-refractivity contribution >= 4 is 35.0 Å². The predicted octanol–water partition coefficient (Wildman–Crippen LogP) is 4.01. The third kappa shape index (κ3) is 5.00. The molecule has 0 unspecified atom stereocenters. The van der Waals surface area contributed by atoms with Gasteiger partial charge in [0.25, 0.3) is 11.6 Å². The van der Waals surface area contributed by atoms with Gasteiger partial charge >= 0.3 is 6.09 Å². The molecule has 0 radical (unpaired) electrons. The minimum absolute atomic E-state index is 0.0150. The van der Waals surface area contributed by atoms with Crippen LogP contribution in [0.4, 0.5) is 16.2 Å². The second kappa shape index (κ2) is 9.13. The number of nitro benzene ring substituents is 1. The number of carbonyl (C=O) groups is 2. The fraction of sp³-hybridized carbons (Fsp3) is 0.364. The van der Waals surface area contributed by atoms with Crippen LogP contribution in [-0.2, 0) is 11.3 Å². The predicted molar refractivity (Wildman–Crippen MR) is 119 cm³/mol. The van der Waals surface area contributed by atoms with Crippen LogP contribution in [0.2, 0.25) is 5.02 Å². The number of rotatable bonds is 3. The number of anilines is 1. The number of para-hydroxylation sites is 1. The summed E-state index contributed by atoms with van der Waals surface area (Å²) in [5.41, 5.74) is 0.351. The molecule has 1 heterocycles. The van der Waals surface area contributed by atoms with Gasteiger partial charge in [-0.25, -0.2) is 4.79 Å². The summed E-state index contributed by atoms with van der Waals surface area (Å²) < 4.78 is 5.50. The number of hydrogen-bond acceptors (Lipinski definition) is 6. The van der Waals surface area contributed by atoms with Crippen molar-refractivity contribution in [3.8, 4) is 0 Å². The average molecular weight is 462 g/mol. The molecule has 2 aromatic rings. The van der Waals surface area contributed by atoms with E-state index in [1.807, 2.05) is 0 Å². The van der Waals surface area contributed by atoms with Crippen molar-refractivity contribution in [3.05, 3.63) is 68.7 Å². The van der Waals surface area contributed by atoms with Gasteiger partial charge in [0.05, 0.1) is 34.7 Å². The highest BCUT2D eigenvalue weighted by Gasteiger charge is 2.36. The van der Waals surface area contributed by atoms with Crippen LogP contribution >= 0.6 is 11.6 Å². The smallest absolute Gasteiger partial charge is 0.410 e. The molecule has 0 saturated heterocycles. The minimum Gasteiger partial charge on any atom is -0.444 e. The lowest BCUT2D eigenvalue weighted by molar-refractivity contribution is -0.384. The van der Waals surface area contributed by atoms with Crippen molar-refractivity contribution in [2.45, 2.75) is 39.0 Å². The van der Waals surface area contributed by atoms with Gasteiger partial charge in [-0.1, -0.05) is 29.8 Å². The summed E-state index contributed by atoms with van der Waals surface area (Å²) in [6, 6.07) is 9.95. The van der Waals surface area contributed by atoms with Crippen molar-refractivity contribution in [3.63, 3.8) is 0 Å². The van der Waals surface area contributed by atoms with Gasteiger partial charge in [0.15, 0.2) is 0 Å². The van der Waals surface area contributed by atoms with Gasteiger partial charge < -0.3 is 14.7 Å². The molecular formula is C22H24ClN3O6. The lowest BCUT2D eigenvalue weighted by Crippen LogP contribution is -2.49. The van der Waals surface area contributed by atoms with Gasteiger partial charge in [-0.05, 0) is 38.5 Å². The highest BCUT2D eigenvalue weighted by atomic mass is 35.5. The number of nitrogens with zero attached hydrogens (tertiary/aromatic N) is 3. The quantitative estimate of drug-likeness (QED) is 0.545. The van der Waals surface area contributed by atoms with Crippen molar-refractivity contribution in [1.82, 2.24) is 4.90 Å². The van der Waals surface area contributed by atoms with E-state index < -0.39 is 35.2 Å². The molecule has 10 heteroatoms. The van der Waals surface area contributed by atoms with Gasteiger partial charge in [0.2, 0.25) is 0 Å². The topological polar surface area (TPSA) is 113 Å². The Labute approximate surface area is 190 Å². The Morgan fingerprint density at radius 1 is 1.25 bits per heavy atom. The third-order valence-corrected chi connectivity index (χ3v) is 5.25. The van der Waals surface area contributed by atoms with Crippen molar-refractivity contribution in [1.29, 1.82) is 0 Å². The Morgan fingerprint density at radius 2 is 1.94 bits per heavy atom. The monoisotopic (exact) mass is 461 g/mol. The number of hydrogen-bond donors (Lipinski definition) is 1. The zero-order valence-corrected chi connectivity index (χ0v) is 18.7. The molecule has 0 spiro atoms. The summed E-state index contributed by atoms with van der Waals surface area (Å²) in [5, 5.41) is 21.0. The number of carbonyl (C=O) groups excluding carboxylic acids is 2. The van der Waals surface area contributed by atoms with Crippen molar-refractivity contribution < 1.29 is 24.4 Å². The number of non-ortho nitro benzene ring substituents is 1. The normalized spacial score (nSPS) is 16.2. The summed E-state index contributed by atoms with van der Waals surface area (Å²) >= 11 is 6.19. The van der Waals surface area contributed by atoms with Crippen molar-refractivity contribution in [2.75, 3.05) is 18.1 Å². The number of ether oxygens (including phenoxy) is 1. The van der Waals surface area contributed by atoms with E-state index in [1.165, 1.54) is 21.9 Å². The maximum Gasteiger partial charge on any atom is 0.410 e. The van der Waals surface area contributed by atoms with Crippen LogP contribution in [0, 0.1) is 10.1 Å². The number of aliphatic hydroxyl groups is 1. The fourth-order valence-electron chi connectivity index (χ4n) is 3.45. The van der Waals surface area contributed by atoms with E-state index in [0.717, 1.165) is 6.07 Å². The van der Waals surface area contributed by atoms with Gasteiger partial charge in [0, 0.05) is 24.4 Å². The van der Waals surface area contributed by atoms with E-state index >= 15 is 0 Å². The third-order valence-electron chi connectivity index (χ3n) is 4.93. The van der Waals surface area contributed by atoms with Crippen LogP contribution in [0.5, 0.6) is 0 Å². The first kappa shape index (κ1) is 23.5. The molecule has 1 N–H and O–H groups in total. The Kier molecular flexibility index (Phi) is 6.71. The lowest BCUT2D eigenvalue weighted by Gasteiger charge is -2.32. The Bertz CT molecular complexity index is 1050.